The molecule has 4 nitrogen and oxygen atoms in total. The minimum atomic E-state index is 0.0804. The van der Waals surface area contributed by atoms with Gasteiger partial charge in [0.2, 0.25) is 5.91 Å². The van der Waals surface area contributed by atoms with Crippen molar-refractivity contribution in [3.8, 4) is 0 Å². The van der Waals surface area contributed by atoms with E-state index in [0.29, 0.717) is 12.6 Å². The molecule has 1 heterocycles. The van der Waals surface area contributed by atoms with E-state index in [0.717, 1.165) is 25.9 Å². The summed E-state index contributed by atoms with van der Waals surface area (Å²) in [6.07, 6.45) is 3.87. The smallest absolute Gasteiger partial charge is 0.248 e. The van der Waals surface area contributed by atoms with Gasteiger partial charge >= 0.3 is 0 Å². The maximum absolute atomic E-state index is 11.7. The molecule has 15 heavy (non-hydrogen) atoms. The van der Waals surface area contributed by atoms with Gasteiger partial charge in [0.25, 0.3) is 0 Å². The monoisotopic (exact) mass is 212 g/mol. The third-order valence-electron chi connectivity index (χ3n) is 2.64. The van der Waals surface area contributed by atoms with Crippen molar-refractivity contribution >= 4 is 5.91 Å². The molecule has 1 unspecified atom stereocenters. The van der Waals surface area contributed by atoms with E-state index < -0.39 is 0 Å². The Kier molecular flexibility index (Phi) is 5.36. The number of ether oxygens (including phenoxy) is 1. The quantitative estimate of drug-likeness (QED) is 0.530. The van der Waals surface area contributed by atoms with Crippen LogP contribution in [0.25, 0.3) is 0 Å². The van der Waals surface area contributed by atoms with E-state index >= 15 is 0 Å². The number of nitrogens with zero attached hydrogens (tertiary/aromatic N) is 1. The molecule has 1 amide bonds. The Balaban J connectivity index is 2.28. The van der Waals surface area contributed by atoms with Gasteiger partial charge in [0, 0.05) is 19.1 Å². The zero-order chi connectivity index (χ0) is 11.1. The number of rotatable bonds is 5. The summed E-state index contributed by atoms with van der Waals surface area (Å²) in [5.74, 6) is 0.0804. The lowest BCUT2D eigenvalue weighted by atomic mass is 10.1. The highest BCUT2D eigenvalue weighted by Crippen LogP contribution is 2.09. The summed E-state index contributed by atoms with van der Waals surface area (Å²) < 4.78 is 5.14. The number of likely N-dealkylation sites (N-methyl/N-ethyl adjacent to an activating group) is 1. The first-order valence-corrected chi connectivity index (χ1v) is 5.41. The maximum Gasteiger partial charge on any atom is 0.248 e. The first-order valence-electron chi connectivity index (χ1n) is 5.41. The van der Waals surface area contributed by atoms with Crippen LogP contribution < -0.4 is 5.32 Å². The molecule has 1 N–H and O–H groups in total. The van der Waals surface area contributed by atoms with Crippen LogP contribution in [0.2, 0.25) is 0 Å². The van der Waals surface area contributed by atoms with Gasteiger partial charge in [-0.3, -0.25) is 4.79 Å². The van der Waals surface area contributed by atoms with Crippen LogP contribution in [0.5, 0.6) is 0 Å². The van der Waals surface area contributed by atoms with Crippen molar-refractivity contribution in [2.24, 2.45) is 0 Å². The third kappa shape index (κ3) is 4.01. The Morgan fingerprint density at radius 3 is 3.20 bits per heavy atom. The van der Waals surface area contributed by atoms with Gasteiger partial charge in [0.05, 0.1) is 6.61 Å². The van der Waals surface area contributed by atoms with Gasteiger partial charge in [-0.25, -0.2) is 0 Å². The Morgan fingerprint density at radius 1 is 1.73 bits per heavy atom. The molecule has 0 spiro atoms. The van der Waals surface area contributed by atoms with Gasteiger partial charge in [0.1, 0.15) is 6.61 Å². The van der Waals surface area contributed by atoms with Crippen LogP contribution in [-0.4, -0.2) is 50.2 Å². The standard InChI is InChI=1S/C11H20N2O2/c1-3-7-15-9-11(14)13-6-4-5-10(8-13)12-2/h3,10,12H,1,4-9H2,2H3. The Labute approximate surface area is 91.3 Å². The van der Waals surface area contributed by atoms with Gasteiger partial charge in [-0.15, -0.1) is 6.58 Å². The van der Waals surface area contributed by atoms with E-state index in [2.05, 4.69) is 11.9 Å². The fraction of sp³-hybridized carbons (Fsp3) is 0.727. The third-order valence-corrected chi connectivity index (χ3v) is 2.64. The Morgan fingerprint density at radius 2 is 2.53 bits per heavy atom. The minimum absolute atomic E-state index is 0.0804. The summed E-state index contributed by atoms with van der Waals surface area (Å²) in [7, 11) is 1.94. The summed E-state index contributed by atoms with van der Waals surface area (Å²) in [5, 5.41) is 3.21. The highest BCUT2D eigenvalue weighted by molar-refractivity contribution is 5.77. The molecule has 1 saturated heterocycles. The molecule has 0 bridgehead atoms. The second-order valence-electron chi connectivity index (χ2n) is 3.77. The van der Waals surface area contributed by atoms with Crippen molar-refractivity contribution in [2.75, 3.05) is 33.4 Å². The summed E-state index contributed by atoms with van der Waals surface area (Å²) in [4.78, 5) is 13.5. The fourth-order valence-electron chi connectivity index (χ4n) is 1.76. The van der Waals surface area contributed by atoms with Crippen molar-refractivity contribution in [2.45, 2.75) is 18.9 Å². The van der Waals surface area contributed by atoms with Crippen molar-refractivity contribution in [1.82, 2.24) is 10.2 Å². The summed E-state index contributed by atoms with van der Waals surface area (Å²) >= 11 is 0. The lowest BCUT2D eigenvalue weighted by Gasteiger charge is -2.32. The summed E-state index contributed by atoms with van der Waals surface area (Å²) in [5.41, 5.74) is 0. The van der Waals surface area contributed by atoms with Gasteiger partial charge < -0.3 is 15.0 Å². The molecule has 4 heteroatoms. The molecule has 1 fully saturated rings. The van der Waals surface area contributed by atoms with E-state index in [-0.39, 0.29) is 12.5 Å². The van der Waals surface area contributed by atoms with Gasteiger partial charge in [-0.05, 0) is 19.9 Å². The van der Waals surface area contributed by atoms with Crippen LogP contribution in [0.15, 0.2) is 12.7 Å². The molecule has 1 aliphatic heterocycles. The molecule has 0 radical (unpaired) electrons. The molecular weight excluding hydrogens is 192 g/mol. The van der Waals surface area contributed by atoms with Crippen molar-refractivity contribution < 1.29 is 9.53 Å². The average molecular weight is 212 g/mol. The Bertz CT molecular complexity index is 219. The second-order valence-corrected chi connectivity index (χ2v) is 3.77. The minimum Gasteiger partial charge on any atom is -0.368 e. The summed E-state index contributed by atoms with van der Waals surface area (Å²) in [6.45, 7) is 5.80. The van der Waals surface area contributed by atoms with Crippen LogP contribution in [0.3, 0.4) is 0 Å². The number of nitrogens with one attached hydrogen (secondary N) is 1. The topological polar surface area (TPSA) is 41.6 Å². The van der Waals surface area contributed by atoms with Crippen molar-refractivity contribution in [3.05, 3.63) is 12.7 Å². The predicted molar refractivity (Wildman–Crippen MR) is 59.7 cm³/mol. The molecule has 0 aromatic rings. The van der Waals surface area contributed by atoms with E-state index in [1.54, 1.807) is 6.08 Å². The molecule has 1 rings (SSSR count). The summed E-state index contributed by atoms with van der Waals surface area (Å²) in [6, 6.07) is 0.433. The molecule has 86 valence electrons. The maximum atomic E-state index is 11.7. The van der Waals surface area contributed by atoms with E-state index in [9.17, 15) is 4.79 Å². The first kappa shape index (κ1) is 12.2. The second kappa shape index (κ2) is 6.58. The van der Waals surface area contributed by atoms with E-state index in [1.165, 1.54) is 0 Å². The number of hydrogen-bond acceptors (Lipinski definition) is 3. The van der Waals surface area contributed by atoms with E-state index in [1.807, 2.05) is 11.9 Å². The fourth-order valence-corrected chi connectivity index (χ4v) is 1.76. The molecule has 0 aromatic heterocycles. The van der Waals surface area contributed by atoms with E-state index in [4.69, 9.17) is 4.74 Å². The molecule has 0 saturated carbocycles. The zero-order valence-electron chi connectivity index (χ0n) is 9.37. The zero-order valence-corrected chi connectivity index (χ0v) is 9.37. The van der Waals surface area contributed by atoms with Crippen molar-refractivity contribution in [1.29, 1.82) is 0 Å². The molecule has 1 aliphatic rings. The number of amides is 1. The molecule has 0 aromatic carbocycles. The largest absolute Gasteiger partial charge is 0.368 e. The highest BCUT2D eigenvalue weighted by Gasteiger charge is 2.22. The number of piperidine rings is 1. The molecular formula is C11H20N2O2. The number of hydrogen-bond donors (Lipinski definition) is 1. The van der Waals surface area contributed by atoms with Crippen LogP contribution in [0, 0.1) is 0 Å². The number of carbonyl (C=O) groups excluding carboxylic acids is 1. The Hall–Kier alpha value is -0.870. The van der Waals surface area contributed by atoms with Crippen LogP contribution in [-0.2, 0) is 9.53 Å². The average Bonchev–Trinajstić information content (AvgIpc) is 2.29. The van der Waals surface area contributed by atoms with Gasteiger partial charge in [-0.1, -0.05) is 6.08 Å². The van der Waals surface area contributed by atoms with Gasteiger partial charge in [0.15, 0.2) is 0 Å². The lowest BCUT2D eigenvalue weighted by Crippen LogP contribution is -2.48. The lowest BCUT2D eigenvalue weighted by molar-refractivity contribution is -0.137. The highest BCUT2D eigenvalue weighted by atomic mass is 16.5. The first-order chi connectivity index (χ1) is 7.27. The van der Waals surface area contributed by atoms with Crippen LogP contribution in [0.1, 0.15) is 12.8 Å². The molecule has 1 atom stereocenters. The van der Waals surface area contributed by atoms with Gasteiger partial charge in [-0.2, -0.15) is 0 Å². The SMILES string of the molecule is C=CCOCC(=O)N1CCCC(NC)C1. The molecule has 0 aliphatic carbocycles. The number of carbonyl (C=O) groups is 1. The van der Waals surface area contributed by atoms with Crippen LogP contribution in [0.4, 0.5) is 0 Å². The van der Waals surface area contributed by atoms with Crippen molar-refractivity contribution in [3.63, 3.8) is 0 Å². The normalized spacial score (nSPS) is 21.4. The number of likely N-dealkylation sites (tertiary alicyclic amines) is 1. The van der Waals surface area contributed by atoms with Crippen LogP contribution >= 0.6 is 0 Å². The predicted octanol–water partition coefficient (Wildman–Crippen LogP) is 0.399.